The number of carbonyl (C=O) groups is 1. The molecule has 0 radical (unpaired) electrons. The number of anilines is 1. The van der Waals surface area contributed by atoms with Crippen LogP contribution in [0, 0.1) is 0 Å². The number of likely N-dealkylation sites (N-methyl/N-ethyl adjacent to an activating group) is 1. The van der Waals surface area contributed by atoms with Crippen molar-refractivity contribution in [3.8, 4) is 0 Å². The van der Waals surface area contributed by atoms with Gasteiger partial charge in [0.15, 0.2) is 0 Å². The van der Waals surface area contributed by atoms with Crippen LogP contribution in [0.4, 0.5) is 5.69 Å². The molecule has 0 bridgehead atoms. The van der Waals surface area contributed by atoms with Crippen LogP contribution >= 0.6 is 0 Å². The Morgan fingerprint density at radius 1 is 1.17 bits per heavy atom. The molecule has 1 heterocycles. The minimum Gasteiger partial charge on any atom is -0.372 e. The Morgan fingerprint density at radius 2 is 1.83 bits per heavy atom. The van der Waals surface area contributed by atoms with Gasteiger partial charge in [0, 0.05) is 44.3 Å². The monoisotopic (exact) mass is 323 g/mol. The zero-order valence-corrected chi connectivity index (χ0v) is 14.4. The van der Waals surface area contributed by atoms with E-state index in [0.29, 0.717) is 13.0 Å². The Balaban J connectivity index is 1.77. The predicted molar refractivity (Wildman–Crippen MR) is 97.7 cm³/mol. The van der Waals surface area contributed by atoms with E-state index in [1.165, 1.54) is 11.3 Å². The molecule has 0 aliphatic carbocycles. The molecule has 1 aliphatic rings. The van der Waals surface area contributed by atoms with Crippen molar-refractivity contribution in [2.45, 2.75) is 32.0 Å². The number of hydrogen-bond acceptors (Lipinski definition) is 3. The number of nitrogens with zero attached hydrogens (tertiary/aromatic N) is 2. The van der Waals surface area contributed by atoms with E-state index in [9.17, 15) is 4.79 Å². The average Bonchev–Trinajstić information content (AvgIpc) is 2.72. The maximum Gasteiger partial charge on any atom is 0.225 e. The maximum atomic E-state index is 12.9. The number of fused-ring (bicyclic) bond motifs is 1. The van der Waals surface area contributed by atoms with Gasteiger partial charge in [-0.05, 0) is 24.1 Å². The maximum absolute atomic E-state index is 12.9. The highest BCUT2D eigenvalue weighted by atomic mass is 16.2. The van der Waals surface area contributed by atoms with Gasteiger partial charge in [-0.1, -0.05) is 48.5 Å². The van der Waals surface area contributed by atoms with Crippen LogP contribution in [0.15, 0.2) is 54.6 Å². The number of rotatable bonds is 3. The van der Waals surface area contributed by atoms with Crippen molar-refractivity contribution < 1.29 is 4.79 Å². The molecule has 0 aromatic heterocycles. The van der Waals surface area contributed by atoms with Crippen LogP contribution in [0.5, 0.6) is 0 Å². The molecular weight excluding hydrogens is 298 g/mol. The first kappa shape index (κ1) is 16.5. The zero-order valence-electron chi connectivity index (χ0n) is 14.4. The molecule has 4 nitrogen and oxygen atoms in total. The normalized spacial score (nSPS) is 18.7. The van der Waals surface area contributed by atoms with E-state index < -0.39 is 0 Å². The summed E-state index contributed by atoms with van der Waals surface area (Å²) in [5, 5.41) is 0. The van der Waals surface area contributed by atoms with Crippen LogP contribution in [0.3, 0.4) is 0 Å². The molecule has 24 heavy (non-hydrogen) atoms. The second-order valence-corrected chi connectivity index (χ2v) is 6.60. The van der Waals surface area contributed by atoms with E-state index in [1.54, 1.807) is 0 Å². The van der Waals surface area contributed by atoms with Crippen LogP contribution < -0.4 is 10.6 Å². The lowest BCUT2D eigenvalue weighted by Gasteiger charge is -2.29. The van der Waals surface area contributed by atoms with Crippen molar-refractivity contribution >= 4 is 11.6 Å². The lowest BCUT2D eigenvalue weighted by Crippen LogP contribution is -2.42. The van der Waals surface area contributed by atoms with Crippen LogP contribution in [0.2, 0.25) is 0 Å². The van der Waals surface area contributed by atoms with Gasteiger partial charge in [0.05, 0.1) is 0 Å². The second kappa shape index (κ2) is 7.05. The lowest BCUT2D eigenvalue weighted by atomic mass is 10.0. The summed E-state index contributed by atoms with van der Waals surface area (Å²) < 4.78 is 0. The average molecular weight is 323 g/mol. The van der Waals surface area contributed by atoms with Crippen molar-refractivity contribution in [1.29, 1.82) is 0 Å². The Labute approximate surface area is 143 Å². The first-order chi connectivity index (χ1) is 11.6. The summed E-state index contributed by atoms with van der Waals surface area (Å²) in [7, 11) is 2.08. The van der Waals surface area contributed by atoms with Gasteiger partial charge in [-0.3, -0.25) is 4.79 Å². The number of carbonyl (C=O) groups excluding carboxylic acids is 1. The molecule has 2 aromatic carbocycles. The highest BCUT2D eigenvalue weighted by molar-refractivity contribution is 5.78. The highest BCUT2D eigenvalue weighted by Crippen LogP contribution is 2.27. The third-order valence-corrected chi connectivity index (χ3v) is 4.76. The number of hydrogen-bond donors (Lipinski definition) is 1. The number of para-hydroxylation sites is 1. The Morgan fingerprint density at radius 3 is 2.58 bits per heavy atom. The summed E-state index contributed by atoms with van der Waals surface area (Å²) in [6.07, 6.45) is 0.334. The lowest BCUT2D eigenvalue weighted by molar-refractivity contribution is -0.134. The van der Waals surface area contributed by atoms with Gasteiger partial charge < -0.3 is 15.5 Å². The van der Waals surface area contributed by atoms with Gasteiger partial charge in [-0.15, -0.1) is 0 Å². The molecule has 2 atom stereocenters. The fourth-order valence-corrected chi connectivity index (χ4v) is 3.41. The van der Waals surface area contributed by atoms with Crippen LogP contribution in [-0.4, -0.2) is 30.4 Å². The summed E-state index contributed by atoms with van der Waals surface area (Å²) >= 11 is 0. The summed E-state index contributed by atoms with van der Waals surface area (Å²) in [6.45, 7) is 3.57. The SMILES string of the molecule is CC1CN(C)c2ccccc2CN1C(=O)CC(N)c1ccccc1. The fraction of sp³-hybridized carbons (Fsp3) is 0.350. The third-order valence-electron chi connectivity index (χ3n) is 4.76. The van der Waals surface area contributed by atoms with Crippen LogP contribution in [-0.2, 0) is 11.3 Å². The molecule has 4 heteroatoms. The van der Waals surface area contributed by atoms with Gasteiger partial charge in [-0.25, -0.2) is 0 Å². The van der Waals surface area contributed by atoms with E-state index in [1.807, 2.05) is 47.4 Å². The quantitative estimate of drug-likeness (QED) is 0.945. The van der Waals surface area contributed by atoms with E-state index >= 15 is 0 Å². The Hall–Kier alpha value is -2.33. The Kier molecular flexibility index (Phi) is 4.86. The first-order valence-electron chi connectivity index (χ1n) is 8.45. The third kappa shape index (κ3) is 3.44. The number of benzene rings is 2. The number of nitrogens with two attached hydrogens (primary N) is 1. The fourth-order valence-electron chi connectivity index (χ4n) is 3.41. The molecule has 2 N–H and O–H groups in total. The van der Waals surface area contributed by atoms with Crippen molar-refractivity contribution in [2.24, 2.45) is 5.73 Å². The van der Waals surface area contributed by atoms with Crippen molar-refractivity contribution in [3.63, 3.8) is 0 Å². The molecule has 2 aromatic rings. The molecule has 0 fully saturated rings. The van der Waals surface area contributed by atoms with Crippen molar-refractivity contribution in [2.75, 3.05) is 18.5 Å². The summed E-state index contributed by atoms with van der Waals surface area (Å²) in [5.74, 6) is 0.115. The minimum atomic E-state index is -0.262. The summed E-state index contributed by atoms with van der Waals surface area (Å²) in [6, 6.07) is 18.0. The number of amides is 1. The van der Waals surface area contributed by atoms with Gasteiger partial charge in [0.1, 0.15) is 0 Å². The molecule has 0 saturated carbocycles. The largest absolute Gasteiger partial charge is 0.372 e. The molecule has 1 aliphatic heterocycles. The molecule has 126 valence electrons. The minimum absolute atomic E-state index is 0.115. The van der Waals surface area contributed by atoms with Gasteiger partial charge in [-0.2, -0.15) is 0 Å². The van der Waals surface area contributed by atoms with Crippen molar-refractivity contribution in [1.82, 2.24) is 4.90 Å². The molecule has 1 amide bonds. The standard InChI is InChI=1S/C20H25N3O/c1-15-13-22(2)19-11-7-6-10-17(19)14-23(15)20(24)12-18(21)16-8-4-3-5-9-16/h3-11,15,18H,12-14,21H2,1-2H3. The van der Waals surface area contributed by atoms with Gasteiger partial charge in [0.25, 0.3) is 0 Å². The van der Waals surface area contributed by atoms with E-state index in [0.717, 1.165) is 12.1 Å². The van der Waals surface area contributed by atoms with E-state index in [-0.39, 0.29) is 18.0 Å². The highest BCUT2D eigenvalue weighted by Gasteiger charge is 2.27. The molecule has 0 spiro atoms. The van der Waals surface area contributed by atoms with Gasteiger partial charge >= 0.3 is 0 Å². The van der Waals surface area contributed by atoms with Crippen LogP contribution in [0.1, 0.15) is 30.5 Å². The van der Waals surface area contributed by atoms with E-state index in [4.69, 9.17) is 5.73 Å². The molecule has 3 rings (SSSR count). The first-order valence-corrected chi connectivity index (χ1v) is 8.45. The van der Waals surface area contributed by atoms with Gasteiger partial charge in [0.2, 0.25) is 5.91 Å². The van der Waals surface area contributed by atoms with Crippen molar-refractivity contribution in [3.05, 3.63) is 65.7 Å². The van der Waals surface area contributed by atoms with E-state index in [2.05, 4.69) is 31.0 Å². The van der Waals surface area contributed by atoms with Crippen LogP contribution in [0.25, 0.3) is 0 Å². The molecule has 2 unspecified atom stereocenters. The summed E-state index contributed by atoms with van der Waals surface area (Å²) in [4.78, 5) is 17.1. The Bertz CT molecular complexity index is 701. The second-order valence-electron chi connectivity index (χ2n) is 6.60. The predicted octanol–water partition coefficient (Wildman–Crippen LogP) is 2.94. The topological polar surface area (TPSA) is 49.6 Å². The molecule has 0 saturated heterocycles. The summed E-state index contributed by atoms with van der Waals surface area (Å²) in [5.41, 5.74) is 9.64. The zero-order chi connectivity index (χ0) is 17.1. The smallest absolute Gasteiger partial charge is 0.225 e. The molecular formula is C20H25N3O.